The fourth-order valence-corrected chi connectivity index (χ4v) is 3.27. The van der Waals surface area contributed by atoms with Crippen LogP contribution in [0.4, 0.5) is 23.0 Å². The van der Waals surface area contributed by atoms with Gasteiger partial charge in [0.2, 0.25) is 5.82 Å². The lowest BCUT2D eigenvalue weighted by molar-refractivity contribution is -0.482. The molecule has 1 aromatic heterocycles. The minimum atomic E-state index is 0.772. The number of nitrogens with zero attached hydrogens (tertiary/aromatic N) is 2. The third-order valence-electron chi connectivity index (χ3n) is 4.86. The second-order valence-electron chi connectivity index (χ2n) is 6.87. The summed E-state index contributed by atoms with van der Waals surface area (Å²) in [5.74, 6) is 1.61. The first-order valence-corrected chi connectivity index (χ1v) is 9.81. The fourth-order valence-electron chi connectivity index (χ4n) is 3.27. The van der Waals surface area contributed by atoms with E-state index in [9.17, 15) is 0 Å². The van der Waals surface area contributed by atoms with Crippen LogP contribution in [0.3, 0.4) is 0 Å². The number of anilines is 2. The van der Waals surface area contributed by atoms with Crippen molar-refractivity contribution in [3.8, 4) is 0 Å². The minimum Gasteiger partial charge on any atom is -0.334 e. The molecular weight excluding hydrogens is 344 g/mol. The van der Waals surface area contributed by atoms with Crippen LogP contribution < -0.4 is 10.6 Å². The summed E-state index contributed by atoms with van der Waals surface area (Å²) in [6, 6.07) is 25.0. The summed E-state index contributed by atoms with van der Waals surface area (Å²) in [6.45, 7) is 4.33. The van der Waals surface area contributed by atoms with Crippen LogP contribution in [0.1, 0.15) is 25.0 Å². The second-order valence-corrected chi connectivity index (χ2v) is 6.87. The molecule has 0 aliphatic heterocycles. The molecule has 0 aliphatic rings. The number of hydrogen-bond donors (Lipinski definition) is 2. The van der Waals surface area contributed by atoms with Crippen molar-refractivity contribution in [2.75, 3.05) is 5.32 Å². The van der Waals surface area contributed by atoms with Crippen molar-refractivity contribution in [3.63, 3.8) is 0 Å². The number of para-hydroxylation sites is 2. The molecule has 0 saturated heterocycles. The van der Waals surface area contributed by atoms with Crippen molar-refractivity contribution in [3.05, 3.63) is 83.9 Å². The van der Waals surface area contributed by atoms with E-state index in [2.05, 4.69) is 73.0 Å². The monoisotopic (exact) mass is 369 g/mol. The van der Waals surface area contributed by atoms with Crippen molar-refractivity contribution in [2.45, 2.75) is 26.7 Å². The molecule has 0 spiro atoms. The number of nitrogens with two attached hydrogens (primary N) is 1. The van der Waals surface area contributed by atoms with Gasteiger partial charge in [0, 0.05) is 11.8 Å². The van der Waals surface area contributed by atoms with Gasteiger partial charge in [-0.25, -0.2) is 4.98 Å². The van der Waals surface area contributed by atoms with Gasteiger partial charge in [0.1, 0.15) is 5.69 Å². The molecule has 0 saturated carbocycles. The summed E-state index contributed by atoms with van der Waals surface area (Å²) in [5.41, 5.74) is 6.55. The molecule has 3 aromatic carbocycles. The van der Waals surface area contributed by atoms with Crippen molar-refractivity contribution in [1.29, 1.82) is 0 Å². The highest BCUT2D eigenvalue weighted by atomic mass is 15.1. The molecule has 0 unspecified atom stereocenters. The van der Waals surface area contributed by atoms with Gasteiger partial charge in [0.25, 0.3) is 5.82 Å². The van der Waals surface area contributed by atoms with Crippen molar-refractivity contribution in [2.24, 2.45) is 0 Å². The Hall–Kier alpha value is -3.24. The average Bonchev–Trinajstić information content (AvgIpc) is 2.74. The predicted molar refractivity (Wildman–Crippen MR) is 116 cm³/mol. The van der Waals surface area contributed by atoms with Crippen LogP contribution in [-0.4, -0.2) is 9.97 Å². The Morgan fingerprint density at radius 1 is 0.750 bits per heavy atom. The van der Waals surface area contributed by atoms with E-state index in [1.807, 2.05) is 24.3 Å². The summed E-state index contributed by atoms with van der Waals surface area (Å²) in [5, 5.41) is 5.59. The molecule has 4 rings (SSSR count). The van der Waals surface area contributed by atoms with E-state index in [4.69, 9.17) is 9.97 Å². The van der Waals surface area contributed by atoms with E-state index >= 15 is 0 Å². The number of aromatic nitrogens is 2. The summed E-state index contributed by atoms with van der Waals surface area (Å²) in [7, 11) is 0. The summed E-state index contributed by atoms with van der Waals surface area (Å²) < 4.78 is 0. The quantitative estimate of drug-likeness (QED) is 0.469. The van der Waals surface area contributed by atoms with Crippen LogP contribution in [0.25, 0.3) is 11.0 Å². The molecule has 0 radical (unpaired) electrons. The highest BCUT2D eigenvalue weighted by molar-refractivity contribution is 5.79. The molecular formula is C24H25N4+. The number of fused-ring (bicyclic) bond motifs is 1. The lowest BCUT2D eigenvalue weighted by atomic mass is 10.1. The molecule has 28 heavy (non-hydrogen) atoms. The Morgan fingerprint density at radius 2 is 1.43 bits per heavy atom. The minimum absolute atomic E-state index is 0.772. The standard InChI is InChI=1S/C24H24N4/c1-3-17-9-7-11-19(15-17)25-23-24(26-20-12-8-10-18(4-2)16-20)28-22-14-6-5-13-21(22)27-23/h5-16H,3-4H2,1-2H3,(H,25,27)(H,26,28)/p+1. The van der Waals surface area contributed by atoms with E-state index < -0.39 is 0 Å². The highest BCUT2D eigenvalue weighted by Crippen LogP contribution is 2.23. The van der Waals surface area contributed by atoms with E-state index in [1.165, 1.54) is 11.1 Å². The zero-order valence-corrected chi connectivity index (χ0v) is 16.3. The van der Waals surface area contributed by atoms with Gasteiger partial charge < -0.3 is 5.32 Å². The number of benzene rings is 3. The first-order chi connectivity index (χ1) is 13.7. The summed E-state index contributed by atoms with van der Waals surface area (Å²) in [6.07, 6.45) is 2.02. The molecule has 0 bridgehead atoms. The van der Waals surface area contributed by atoms with Crippen LogP contribution >= 0.6 is 0 Å². The molecule has 0 amide bonds. The maximum Gasteiger partial charge on any atom is 0.273 e. The molecule has 1 heterocycles. The molecule has 140 valence electrons. The van der Waals surface area contributed by atoms with Crippen molar-refractivity contribution >= 4 is 34.0 Å². The Bertz CT molecular complexity index is 1020. The Kier molecular flexibility index (Phi) is 5.31. The maximum absolute atomic E-state index is 4.88. The molecule has 0 fully saturated rings. The van der Waals surface area contributed by atoms with Crippen LogP contribution in [0, 0.1) is 0 Å². The Balaban J connectivity index is 1.75. The highest BCUT2D eigenvalue weighted by Gasteiger charge is 2.14. The van der Waals surface area contributed by atoms with E-state index in [0.29, 0.717) is 0 Å². The van der Waals surface area contributed by atoms with E-state index in [-0.39, 0.29) is 0 Å². The van der Waals surface area contributed by atoms with Gasteiger partial charge in [-0.3, -0.25) is 5.32 Å². The fraction of sp³-hybridized carbons (Fsp3) is 0.167. The molecule has 4 heteroatoms. The first kappa shape index (κ1) is 18.1. The second kappa shape index (κ2) is 8.19. The number of hydrogen-bond acceptors (Lipinski definition) is 3. The largest absolute Gasteiger partial charge is 0.334 e. The molecule has 4 nitrogen and oxygen atoms in total. The average molecular weight is 369 g/mol. The van der Waals surface area contributed by atoms with Crippen molar-refractivity contribution in [1.82, 2.24) is 9.97 Å². The van der Waals surface area contributed by atoms with E-state index in [0.717, 1.165) is 46.9 Å². The van der Waals surface area contributed by atoms with Gasteiger partial charge in [-0.05, 0) is 54.3 Å². The molecule has 4 aromatic rings. The van der Waals surface area contributed by atoms with Gasteiger partial charge in [-0.15, -0.1) is 0 Å². The lowest BCUT2D eigenvalue weighted by Crippen LogP contribution is -2.72. The topological polar surface area (TPSA) is 54.4 Å². The number of nitrogens with one attached hydrogen (secondary N) is 1. The number of rotatable bonds is 6. The van der Waals surface area contributed by atoms with Gasteiger partial charge in [-0.1, -0.05) is 50.2 Å². The number of aryl methyl sites for hydroxylation is 2. The maximum atomic E-state index is 4.88. The van der Waals surface area contributed by atoms with E-state index in [1.54, 1.807) is 0 Å². The van der Waals surface area contributed by atoms with Crippen LogP contribution in [0.2, 0.25) is 0 Å². The lowest BCUT2D eigenvalue weighted by Gasteiger charge is -2.11. The Morgan fingerprint density at radius 3 is 2.18 bits per heavy atom. The summed E-state index contributed by atoms with van der Waals surface area (Å²) >= 11 is 0. The smallest absolute Gasteiger partial charge is 0.273 e. The van der Waals surface area contributed by atoms with Gasteiger partial charge >= 0.3 is 0 Å². The zero-order valence-electron chi connectivity index (χ0n) is 16.3. The number of quaternary nitrogens is 1. The van der Waals surface area contributed by atoms with Gasteiger partial charge in [-0.2, -0.15) is 4.98 Å². The molecule has 0 aliphatic carbocycles. The van der Waals surface area contributed by atoms with Crippen LogP contribution in [0.15, 0.2) is 72.8 Å². The van der Waals surface area contributed by atoms with Crippen LogP contribution in [0.5, 0.6) is 0 Å². The van der Waals surface area contributed by atoms with Gasteiger partial charge in [0.05, 0.1) is 11.0 Å². The Labute approximate surface area is 165 Å². The molecule has 0 atom stereocenters. The van der Waals surface area contributed by atoms with Crippen LogP contribution in [-0.2, 0) is 12.8 Å². The third-order valence-corrected chi connectivity index (χ3v) is 4.86. The zero-order chi connectivity index (χ0) is 19.3. The third kappa shape index (κ3) is 4.02. The van der Waals surface area contributed by atoms with Crippen molar-refractivity contribution < 1.29 is 5.32 Å². The molecule has 3 N–H and O–H groups in total. The normalized spacial score (nSPS) is 10.9. The van der Waals surface area contributed by atoms with Gasteiger partial charge in [0.15, 0.2) is 0 Å². The SMILES string of the molecule is CCc1cccc(Nc2nc3ccccc3nc2[NH2+]c2cccc(CC)c2)c1. The summed E-state index contributed by atoms with van der Waals surface area (Å²) in [4.78, 5) is 9.74. The predicted octanol–water partition coefficient (Wildman–Crippen LogP) is 5.02. The first-order valence-electron chi connectivity index (χ1n) is 9.81.